The van der Waals surface area contributed by atoms with E-state index in [4.69, 9.17) is 9.47 Å². The molecule has 4 aromatic rings. The van der Waals surface area contributed by atoms with Crippen molar-refractivity contribution in [3.63, 3.8) is 0 Å². The molecule has 0 fully saturated rings. The smallest absolute Gasteiger partial charge is 0.251 e. The summed E-state index contributed by atoms with van der Waals surface area (Å²) in [6.07, 6.45) is 0. The number of benzene rings is 3. The van der Waals surface area contributed by atoms with Crippen molar-refractivity contribution in [1.82, 2.24) is 20.1 Å². The third-order valence-electron chi connectivity index (χ3n) is 6.14. The summed E-state index contributed by atoms with van der Waals surface area (Å²) < 4.78 is 12.8. The monoisotopic (exact) mass is 545 g/mol. The fourth-order valence-corrected chi connectivity index (χ4v) is 4.68. The lowest BCUT2D eigenvalue weighted by Crippen LogP contribution is -2.25. The Labute approximate surface area is 231 Å². The van der Waals surface area contributed by atoms with Crippen molar-refractivity contribution >= 4 is 29.3 Å². The minimum atomic E-state index is -0.225. The summed E-state index contributed by atoms with van der Waals surface area (Å²) in [6, 6.07) is 18.5. The van der Waals surface area contributed by atoms with Crippen LogP contribution in [0.5, 0.6) is 11.5 Å². The molecule has 0 aliphatic rings. The van der Waals surface area contributed by atoms with Gasteiger partial charge in [0.2, 0.25) is 5.91 Å². The first-order valence-corrected chi connectivity index (χ1v) is 13.3. The molecule has 0 aliphatic heterocycles. The van der Waals surface area contributed by atoms with Crippen LogP contribution in [-0.2, 0) is 11.3 Å². The van der Waals surface area contributed by atoms with Gasteiger partial charge in [-0.3, -0.25) is 14.2 Å². The summed E-state index contributed by atoms with van der Waals surface area (Å²) in [5, 5.41) is 15.0. The third-order valence-corrected chi connectivity index (χ3v) is 7.07. The minimum Gasteiger partial charge on any atom is -0.497 e. The fourth-order valence-electron chi connectivity index (χ4n) is 3.92. The number of methoxy groups -OCH3 is 2. The summed E-state index contributed by atoms with van der Waals surface area (Å²) in [7, 11) is 3.15. The van der Waals surface area contributed by atoms with Gasteiger partial charge in [0.25, 0.3) is 5.91 Å². The van der Waals surface area contributed by atoms with Crippen molar-refractivity contribution in [2.45, 2.75) is 32.5 Å². The van der Waals surface area contributed by atoms with Crippen LogP contribution in [0, 0.1) is 20.8 Å². The highest BCUT2D eigenvalue weighted by atomic mass is 32.2. The molecular weight excluding hydrogens is 514 g/mol. The van der Waals surface area contributed by atoms with E-state index < -0.39 is 0 Å². The molecular formula is C29H31N5O4S. The number of nitrogens with zero attached hydrogens (tertiary/aromatic N) is 3. The molecule has 1 aromatic heterocycles. The molecule has 202 valence electrons. The van der Waals surface area contributed by atoms with Crippen molar-refractivity contribution in [3.05, 3.63) is 88.7 Å². The van der Waals surface area contributed by atoms with Crippen LogP contribution in [0.4, 0.5) is 5.69 Å². The van der Waals surface area contributed by atoms with Gasteiger partial charge >= 0.3 is 0 Å². The molecule has 0 unspecified atom stereocenters. The third kappa shape index (κ3) is 6.77. The SMILES string of the molecule is COc1ccc(OC)c(-n2c(CNC(=O)c3ccc(C)c(C)c3)nnc2SCC(=O)Nc2cccc(C)c2)c1. The van der Waals surface area contributed by atoms with E-state index in [0.29, 0.717) is 33.7 Å². The van der Waals surface area contributed by atoms with E-state index in [9.17, 15) is 9.59 Å². The highest BCUT2D eigenvalue weighted by Gasteiger charge is 2.20. The van der Waals surface area contributed by atoms with Crippen LogP contribution in [0.15, 0.2) is 65.8 Å². The first kappa shape index (κ1) is 27.7. The molecule has 0 bridgehead atoms. The van der Waals surface area contributed by atoms with Gasteiger partial charge in [-0.25, -0.2) is 0 Å². The molecule has 0 atom stereocenters. The van der Waals surface area contributed by atoms with E-state index in [1.54, 1.807) is 43.1 Å². The number of hydrogen-bond acceptors (Lipinski definition) is 7. The number of carbonyl (C=O) groups excluding carboxylic acids is 2. The highest BCUT2D eigenvalue weighted by Crippen LogP contribution is 2.32. The number of aryl methyl sites for hydroxylation is 3. The van der Waals surface area contributed by atoms with Crippen LogP contribution in [-0.4, -0.2) is 46.6 Å². The standard InChI is InChI=1S/C29H31N5O4S/c1-18-7-6-8-22(13-18)31-27(35)17-39-29-33-32-26(16-30-28(36)21-10-9-19(2)20(3)14-21)34(29)24-15-23(37-4)11-12-25(24)38-5/h6-15H,16-17H2,1-5H3,(H,30,36)(H,31,35). The first-order chi connectivity index (χ1) is 18.8. The number of carbonyl (C=O) groups is 2. The Kier molecular flexibility index (Phi) is 8.88. The molecule has 1 heterocycles. The summed E-state index contributed by atoms with van der Waals surface area (Å²) in [5.41, 5.74) is 5.12. The highest BCUT2D eigenvalue weighted by molar-refractivity contribution is 7.99. The molecule has 4 rings (SSSR count). The molecule has 10 heteroatoms. The predicted octanol–water partition coefficient (Wildman–Crippen LogP) is 4.87. The normalized spacial score (nSPS) is 10.7. The average Bonchev–Trinajstić information content (AvgIpc) is 3.34. The van der Waals surface area contributed by atoms with Crippen molar-refractivity contribution in [1.29, 1.82) is 0 Å². The number of hydrogen-bond donors (Lipinski definition) is 2. The van der Waals surface area contributed by atoms with E-state index in [-0.39, 0.29) is 24.1 Å². The van der Waals surface area contributed by atoms with Gasteiger partial charge in [0, 0.05) is 17.3 Å². The van der Waals surface area contributed by atoms with Gasteiger partial charge < -0.3 is 20.1 Å². The average molecular weight is 546 g/mol. The molecule has 0 saturated carbocycles. The van der Waals surface area contributed by atoms with E-state index >= 15 is 0 Å². The maximum Gasteiger partial charge on any atom is 0.251 e. The molecule has 0 saturated heterocycles. The van der Waals surface area contributed by atoms with Gasteiger partial charge in [-0.2, -0.15) is 0 Å². The molecule has 3 aromatic carbocycles. The van der Waals surface area contributed by atoms with Crippen LogP contribution in [0.2, 0.25) is 0 Å². The topological polar surface area (TPSA) is 107 Å². The second-order valence-corrected chi connectivity index (χ2v) is 9.90. The minimum absolute atomic E-state index is 0.105. The Balaban J connectivity index is 1.60. The number of aromatic nitrogens is 3. The molecule has 9 nitrogen and oxygen atoms in total. The van der Waals surface area contributed by atoms with Crippen LogP contribution in [0.25, 0.3) is 5.69 Å². The molecule has 0 spiro atoms. The number of nitrogens with one attached hydrogen (secondary N) is 2. The zero-order valence-corrected chi connectivity index (χ0v) is 23.4. The van der Waals surface area contributed by atoms with Gasteiger partial charge in [-0.1, -0.05) is 30.0 Å². The Hall–Kier alpha value is -4.31. The zero-order chi connectivity index (χ0) is 27.9. The molecule has 2 amide bonds. The molecule has 0 radical (unpaired) electrons. The predicted molar refractivity (Wildman–Crippen MR) is 152 cm³/mol. The number of anilines is 1. The van der Waals surface area contributed by atoms with Crippen LogP contribution in [0.1, 0.15) is 32.9 Å². The summed E-state index contributed by atoms with van der Waals surface area (Å²) in [5.74, 6) is 1.34. The van der Waals surface area contributed by atoms with Crippen LogP contribution < -0.4 is 20.1 Å². The van der Waals surface area contributed by atoms with Gasteiger partial charge in [-0.05, 0) is 73.9 Å². The van der Waals surface area contributed by atoms with Crippen LogP contribution >= 0.6 is 11.8 Å². The molecule has 39 heavy (non-hydrogen) atoms. The number of amides is 2. The molecule has 2 N–H and O–H groups in total. The summed E-state index contributed by atoms with van der Waals surface area (Å²) >= 11 is 1.23. The van der Waals surface area contributed by atoms with E-state index in [1.165, 1.54) is 11.8 Å². The second-order valence-electron chi connectivity index (χ2n) is 8.96. The van der Waals surface area contributed by atoms with Crippen molar-refractivity contribution in [2.24, 2.45) is 0 Å². The lowest BCUT2D eigenvalue weighted by atomic mass is 10.1. The largest absolute Gasteiger partial charge is 0.497 e. The van der Waals surface area contributed by atoms with Gasteiger partial charge in [-0.15, -0.1) is 10.2 Å². The van der Waals surface area contributed by atoms with E-state index in [0.717, 1.165) is 22.4 Å². The first-order valence-electron chi connectivity index (χ1n) is 12.3. The maximum absolute atomic E-state index is 12.9. The second kappa shape index (κ2) is 12.5. The van der Waals surface area contributed by atoms with Gasteiger partial charge in [0.15, 0.2) is 11.0 Å². The summed E-state index contributed by atoms with van der Waals surface area (Å²) in [6.45, 7) is 6.04. The number of ether oxygens (including phenoxy) is 2. The Morgan fingerprint density at radius 2 is 1.74 bits per heavy atom. The van der Waals surface area contributed by atoms with E-state index in [1.807, 2.05) is 57.2 Å². The fraction of sp³-hybridized carbons (Fsp3) is 0.241. The van der Waals surface area contributed by atoms with Crippen LogP contribution in [0.3, 0.4) is 0 Å². The van der Waals surface area contributed by atoms with Crippen molar-refractivity contribution in [2.75, 3.05) is 25.3 Å². The Morgan fingerprint density at radius 3 is 2.46 bits per heavy atom. The van der Waals surface area contributed by atoms with Gasteiger partial charge in [0.1, 0.15) is 11.5 Å². The quantitative estimate of drug-likeness (QED) is 0.274. The van der Waals surface area contributed by atoms with Crippen molar-refractivity contribution in [3.8, 4) is 17.2 Å². The summed E-state index contributed by atoms with van der Waals surface area (Å²) in [4.78, 5) is 25.6. The molecule has 0 aliphatic carbocycles. The van der Waals surface area contributed by atoms with Crippen molar-refractivity contribution < 1.29 is 19.1 Å². The number of rotatable bonds is 10. The Bertz CT molecular complexity index is 1500. The van der Waals surface area contributed by atoms with E-state index in [2.05, 4.69) is 20.8 Å². The maximum atomic E-state index is 12.9. The van der Waals surface area contributed by atoms with Gasteiger partial charge in [0.05, 0.1) is 32.2 Å². The number of thioether (sulfide) groups is 1. The lowest BCUT2D eigenvalue weighted by molar-refractivity contribution is -0.113. The zero-order valence-electron chi connectivity index (χ0n) is 22.6. The Morgan fingerprint density at radius 1 is 0.923 bits per heavy atom. The lowest BCUT2D eigenvalue weighted by Gasteiger charge is -2.15.